The van der Waals surface area contributed by atoms with Gasteiger partial charge >= 0.3 is 0 Å². The summed E-state index contributed by atoms with van der Waals surface area (Å²) in [5.41, 5.74) is 0.524. The molecule has 1 aromatic rings. The van der Waals surface area contributed by atoms with Crippen LogP contribution in [-0.4, -0.2) is 23.5 Å². The Labute approximate surface area is 99.6 Å². The predicted molar refractivity (Wildman–Crippen MR) is 63.0 cm³/mol. The minimum absolute atomic E-state index is 0.0781. The van der Waals surface area contributed by atoms with E-state index in [0.717, 1.165) is 19.4 Å². The number of amides is 1. The lowest BCUT2D eigenvalue weighted by molar-refractivity contribution is -0.119. The molecule has 1 amide bonds. The van der Waals surface area contributed by atoms with E-state index >= 15 is 0 Å². The molecule has 2 unspecified atom stereocenters. The zero-order valence-corrected chi connectivity index (χ0v) is 9.74. The first kappa shape index (κ1) is 12.0. The van der Waals surface area contributed by atoms with Gasteiger partial charge in [-0.25, -0.2) is 4.98 Å². The molecule has 5 heteroatoms. The highest BCUT2D eigenvalue weighted by Gasteiger charge is 2.27. The highest BCUT2D eigenvalue weighted by Crippen LogP contribution is 2.17. The lowest BCUT2D eigenvalue weighted by Gasteiger charge is -2.28. The van der Waals surface area contributed by atoms with Crippen LogP contribution in [0.1, 0.15) is 19.8 Å². The third kappa shape index (κ3) is 3.00. The number of aromatic nitrogens is 1. The molecule has 1 aliphatic heterocycles. The predicted octanol–water partition coefficient (Wildman–Crippen LogP) is 1.55. The van der Waals surface area contributed by atoms with Crippen molar-refractivity contribution in [2.45, 2.75) is 25.8 Å². The van der Waals surface area contributed by atoms with E-state index in [1.54, 1.807) is 0 Å². The van der Waals surface area contributed by atoms with E-state index in [2.05, 4.69) is 22.5 Å². The van der Waals surface area contributed by atoms with Crippen LogP contribution in [0.4, 0.5) is 10.1 Å². The fourth-order valence-electron chi connectivity index (χ4n) is 2.07. The van der Waals surface area contributed by atoms with Crippen molar-refractivity contribution in [2.24, 2.45) is 5.92 Å². The van der Waals surface area contributed by atoms with Crippen LogP contribution in [0.5, 0.6) is 0 Å². The van der Waals surface area contributed by atoms with Gasteiger partial charge in [0.05, 0.1) is 17.9 Å². The molecule has 1 saturated heterocycles. The SMILES string of the molecule is CC1CCCNC1C(=O)Nc1ccc(F)nc1. The van der Waals surface area contributed by atoms with Gasteiger partial charge in [0, 0.05) is 0 Å². The maximum Gasteiger partial charge on any atom is 0.241 e. The topological polar surface area (TPSA) is 54.0 Å². The average molecular weight is 237 g/mol. The summed E-state index contributed by atoms with van der Waals surface area (Å²) in [5.74, 6) is -0.310. The molecule has 2 rings (SSSR count). The number of rotatable bonds is 2. The van der Waals surface area contributed by atoms with E-state index in [1.807, 2.05) is 0 Å². The van der Waals surface area contributed by atoms with Crippen LogP contribution in [0.2, 0.25) is 0 Å². The largest absolute Gasteiger partial charge is 0.323 e. The van der Waals surface area contributed by atoms with Crippen LogP contribution < -0.4 is 10.6 Å². The smallest absolute Gasteiger partial charge is 0.241 e. The number of carbonyl (C=O) groups is 1. The lowest BCUT2D eigenvalue weighted by Crippen LogP contribution is -2.48. The Morgan fingerprint density at radius 2 is 2.41 bits per heavy atom. The molecule has 0 spiro atoms. The van der Waals surface area contributed by atoms with Crippen molar-refractivity contribution < 1.29 is 9.18 Å². The van der Waals surface area contributed by atoms with Gasteiger partial charge in [-0.15, -0.1) is 0 Å². The molecule has 0 aromatic carbocycles. The fraction of sp³-hybridized carbons (Fsp3) is 0.500. The Balaban J connectivity index is 1.98. The van der Waals surface area contributed by atoms with Crippen LogP contribution in [0.15, 0.2) is 18.3 Å². The van der Waals surface area contributed by atoms with E-state index in [9.17, 15) is 9.18 Å². The standard InChI is InChI=1S/C12H16FN3O/c1-8-3-2-6-14-11(8)12(17)16-9-4-5-10(13)15-7-9/h4-5,7-8,11,14H,2-3,6H2,1H3,(H,16,17). The second-order valence-corrected chi connectivity index (χ2v) is 4.41. The molecule has 1 fully saturated rings. The van der Waals surface area contributed by atoms with Gasteiger partial charge in [-0.1, -0.05) is 6.92 Å². The summed E-state index contributed by atoms with van der Waals surface area (Å²) in [6.45, 7) is 2.92. The quantitative estimate of drug-likeness (QED) is 0.767. The fourth-order valence-corrected chi connectivity index (χ4v) is 2.07. The van der Waals surface area contributed by atoms with Crippen LogP contribution in [0, 0.1) is 11.9 Å². The highest BCUT2D eigenvalue weighted by atomic mass is 19.1. The molecule has 0 aliphatic carbocycles. The van der Waals surface area contributed by atoms with Gasteiger partial charge in [-0.3, -0.25) is 4.79 Å². The van der Waals surface area contributed by atoms with Crippen LogP contribution >= 0.6 is 0 Å². The second kappa shape index (κ2) is 5.23. The Bertz CT molecular complexity index is 393. The number of nitrogens with zero attached hydrogens (tertiary/aromatic N) is 1. The highest BCUT2D eigenvalue weighted by molar-refractivity contribution is 5.94. The van der Waals surface area contributed by atoms with Gasteiger partial charge in [-0.2, -0.15) is 4.39 Å². The first-order valence-electron chi connectivity index (χ1n) is 5.82. The molecule has 4 nitrogen and oxygen atoms in total. The molecule has 2 heterocycles. The number of pyridine rings is 1. The first-order valence-corrected chi connectivity index (χ1v) is 5.82. The lowest BCUT2D eigenvalue weighted by atomic mass is 9.92. The van der Waals surface area contributed by atoms with Gasteiger partial charge in [0.2, 0.25) is 11.9 Å². The van der Waals surface area contributed by atoms with E-state index < -0.39 is 5.95 Å². The maximum absolute atomic E-state index is 12.6. The molecular weight excluding hydrogens is 221 g/mol. The summed E-state index contributed by atoms with van der Waals surface area (Å²) < 4.78 is 12.6. The Morgan fingerprint density at radius 3 is 3.06 bits per heavy atom. The summed E-state index contributed by atoms with van der Waals surface area (Å²) in [6.07, 6.45) is 3.47. The summed E-state index contributed by atoms with van der Waals surface area (Å²) in [6, 6.07) is 2.56. The van der Waals surface area contributed by atoms with Crippen molar-refractivity contribution in [3.63, 3.8) is 0 Å². The molecule has 17 heavy (non-hydrogen) atoms. The number of piperidine rings is 1. The van der Waals surface area contributed by atoms with Crippen LogP contribution in [0.25, 0.3) is 0 Å². The van der Waals surface area contributed by atoms with Crippen LogP contribution in [0.3, 0.4) is 0 Å². The second-order valence-electron chi connectivity index (χ2n) is 4.41. The van der Waals surface area contributed by atoms with Crippen molar-refractivity contribution in [1.82, 2.24) is 10.3 Å². The summed E-state index contributed by atoms with van der Waals surface area (Å²) >= 11 is 0. The third-order valence-electron chi connectivity index (χ3n) is 3.05. The molecule has 2 N–H and O–H groups in total. The number of carbonyl (C=O) groups excluding carboxylic acids is 1. The van der Waals surface area contributed by atoms with Gasteiger partial charge in [0.1, 0.15) is 0 Å². The zero-order valence-electron chi connectivity index (χ0n) is 9.74. The normalized spacial score (nSPS) is 24.4. The summed E-state index contributed by atoms with van der Waals surface area (Å²) in [4.78, 5) is 15.5. The molecule has 1 aromatic heterocycles. The van der Waals surface area contributed by atoms with Crippen LogP contribution in [-0.2, 0) is 4.79 Å². The van der Waals surface area contributed by atoms with E-state index in [4.69, 9.17) is 0 Å². The van der Waals surface area contributed by atoms with Crippen molar-refractivity contribution in [1.29, 1.82) is 0 Å². The summed E-state index contributed by atoms with van der Waals surface area (Å²) in [7, 11) is 0. The number of nitrogens with one attached hydrogen (secondary N) is 2. The van der Waals surface area contributed by atoms with Crippen molar-refractivity contribution in [3.05, 3.63) is 24.3 Å². The average Bonchev–Trinajstić information content (AvgIpc) is 2.32. The first-order chi connectivity index (χ1) is 8.16. The minimum Gasteiger partial charge on any atom is -0.323 e. The summed E-state index contributed by atoms with van der Waals surface area (Å²) in [5, 5.41) is 5.93. The zero-order chi connectivity index (χ0) is 12.3. The van der Waals surface area contributed by atoms with Crippen molar-refractivity contribution >= 4 is 11.6 Å². The number of anilines is 1. The number of halogens is 1. The Hall–Kier alpha value is -1.49. The minimum atomic E-state index is -0.549. The molecule has 1 aliphatic rings. The Kier molecular flexibility index (Phi) is 3.68. The monoisotopic (exact) mass is 237 g/mol. The maximum atomic E-state index is 12.6. The Morgan fingerprint density at radius 1 is 1.59 bits per heavy atom. The molecule has 0 saturated carbocycles. The molecule has 0 radical (unpaired) electrons. The van der Waals surface area contributed by atoms with Crippen molar-refractivity contribution in [2.75, 3.05) is 11.9 Å². The van der Waals surface area contributed by atoms with Gasteiger partial charge in [-0.05, 0) is 37.4 Å². The third-order valence-corrected chi connectivity index (χ3v) is 3.05. The number of hydrogen-bond donors (Lipinski definition) is 2. The van der Waals surface area contributed by atoms with E-state index in [0.29, 0.717) is 11.6 Å². The van der Waals surface area contributed by atoms with E-state index in [1.165, 1.54) is 18.3 Å². The van der Waals surface area contributed by atoms with Crippen molar-refractivity contribution in [3.8, 4) is 0 Å². The van der Waals surface area contributed by atoms with E-state index in [-0.39, 0.29) is 11.9 Å². The molecule has 2 atom stereocenters. The molecule has 0 bridgehead atoms. The van der Waals surface area contributed by atoms with Gasteiger partial charge < -0.3 is 10.6 Å². The van der Waals surface area contributed by atoms with Gasteiger partial charge in [0.25, 0.3) is 0 Å². The molecule has 92 valence electrons. The number of hydrogen-bond acceptors (Lipinski definition) is 3. The molecular formula is C12H16FN3O. The van der Waals surface area contributed by atoms with Gasteiger partial charge in [0.15, 0.2) is 0 Å².